The highest BCUT2D eigenvalue weighted by Crippen LogP contribution is 1.74. The molecule has 0 saturated carbocycles. The van der Waals surface area contributed by atoms with Crippen molar-refractivity contribution in [3.63, 3.8) is 0 Å². The second kappa shape index (κ2) is 10.2. The minimum Gasteiger partial charge on any atom is -0.378 e. The Morgan fingerprint density at radius 3 is 2.71 bits per heavy atom. The van der Waals surface area contributed by atoms with Crippen LogP contribution in [0.5, 0.6) is 0 Å². The lowest BCUT2D eigenvalue weighted by molar-refractivity contribution is -0.116. The normalized spacial score (nSPS) is 9.79. The van der Waals surface area contributed by atoms with Crippen LogP contribution in [0.1, 0.15) is 13.3 Å². The molecule has 0 radical (unpaired) electrons. The Balaban J connectivity index is 2.99. The molecular formula is C10H20N2O2. The van der Waals surface area contributed by atoms with Crippen molar-refractivity contribution in [2.24, 2.45) is 0 Å². The van der Waals surface area contributed by atoms with E-state index in [1.54, 1.807) is 0 Å². The molecule has 14 heavy (non-hydrogen) atoms. The van der Waals surface area contributed by atoms with Crippen LogP contribution in [0.3, 0.4) is 0 Å². The van der Waals surface area contributed by atoms with E-state index in [0.717, 1.165) is 19.5 Å². The first-order valence-electron chi connectivity index (χ1n) is 5.00. The van der Waals surface area contributed by atoms with Gasteiger partial charge in [-0.05, 0) is 19.0 Å². The van der Waals surface area contributed by atoms with Crippen molar-refractivity contribution in [2.45, 2.75) is 13.3 Å². The summed E-state index contributed by atoms with van der Waals surface area (Å²) in [7, 11) is 0. The van der Waals surface area contributed by atoms with Gasteiger partial charge in [-0.15, -0.1) is 0 Å². The molecule has 0 unspecified atom stereocenters. The molecule has 4 heteroatoms. The van der Waals surface area contributed by atoms with Crippen LogP contribution in [0.25, 0.3) is 0 Å². The third-order valence-electron chi connectivity index (χ3n) is 1.58. The third-order valence-corrected chi connectivity index (χ3v) is 1.58. The van der Waals surface area contributed by atoms with Gasteiger partial charge < -0.3 is 15.4 Å². The van der Waals surface area contributed by atoms with Crippen molar-refractivity contribution in [1.82, 2.24) is 10.6 Å². The lowest BCUT2D eigenvalue weighted by Crippen LogP contribution is -2.27. The predicted octanol–water partition coefficient (Wildman–Crippen LogP) is 0.305. The maximum absolute atomic E-state index is 10.7. The highest BCUT2D eigenvalue weighted by Gasteiger charge is 1.92. The molecular weight excluding hydrogens is 180 g/mol. The van der Waals surface area contributed by atoms with Gasteiger partial charge in [0, 0.05) is 13.1 Å². The smallest absolute Gasteiger partial charge is 0.243 e. The minimum atomic E-state index is -0.155. The molecule has 0 bridgehead atoms. The number of hydrogen-bond acceptors (Lipinski definition) is 3. The zero-order valence-corrected chi connectivity index (χ0v) is 8.84. The zero-order valence-electron chi connectivity index (χ0n) is 8.84. The number of amides is 1. The summed E-state index contributed by atoms with van der Waals surface area (Å²) in [6.45, 7) is 9.13. The Morgan fingerprint density at radius 1 is 1.36 bits per heavy atom. The highest BCUT2D eigenvalue weighted by atomic mass is 16.5. The first-order valence-corrected chi connectivity index (χ1v) is 5.00. The van der Waals surface area contributed by atoms with Crippen molar-refractivity contribution in [3.05, 3.63) is 12.7 Å². The van der Waals surface area contributed by atoms with Gasteiger partial charge in [0.15, 0.2) is 0 Å². The molecule has 0 fully saturated rings. The highest BCUT2D eigenvalue weighted by molar-refractivity contribution is 5.86. The van der Waals surface area contributed by atoms with Crippen LogP contribution < -0.4 is 10.6 Å². The summed E-state index contributed by atoms with van der Waals surface area (Å²) < 4.78 is 5.26. The van der Waals surface area contributed by atoms with Gasteiger partial charge in [-0.3, -0.25) is 4.79 Å². The number of nitrogens with one attached hydrogen (secondary N) is 2. The largest absolute Gasteiger partial charge is 0.378 e. The van der Waals surface area contributed by atoms with Crippen LogP contribution in [0.4, 0.5) is 0 Å². The summed E-state index contributed by atoms with van der Waals surface area (Å²) in [5.74, 6) is -0.155. The summed E-state index contributed by atoms with van der Waals surface area (Å²) in [4.78, 5) is 10.7. The van der Waals surface area contributed by atoms with Crippen LogP contribution in [0.2, 0.25) is 0 Å². The van der Waals surface area contributed by atoms with Gasteiger partial charge in [-0.2, -0.15) is 0 Å². The summed E-state index contributed by atoms with van der Waals surface area (Å²) in [6, 6.07) is 0. The molecule has 0 saturated heterocycles. The molecule has 0 aliphatic carbocycles. The van der Waals surface area contributed by atoms with E-state index in [0.29, 0.717) is 19.8 Å². The predicted molar refractivity (Wildman–Crippen MR) is 57.2 cm³/mol. The van der Waals surface area contributed by atoms with Crippen LogP contribution in [0, 0.1) is 0 Å². The Hall–Kier alpha value is -0.870. The molecule has 0 aliphatic heterocycles. The van der Waals surface area contributed by atoms with Gasteiger partial charge in [-0.1, -0.05) is 13.5 Å². The Bertz CT molecular complexity index is 160. The van der Waals surface area contributed by atoms with E-state index in [-0.39, 0.29) is 5.91 Å². The fraction of sp³-hybridized carbons (Fsp3) is 0.700. The fourth-order valence-corrected chi connectivity index (χ4v) is 0.867. The van der Waals surface area contributed by atoms with E-state index in [1.807, 2.05) is 0 Å². The van der Waals surface area contributed by atoms with E-state index in [4.69, 9.17) is 4.74 Å². The second-order valence-corrected chi connectivity index (χ2v) is 2.86. The maximum atomic E-state index is 10.7. The number of carbonyl (C=O) groups excluding carboxylic acids is 1. The summed E-state index contributed by atoms with van der Waals surface area (Å²) >= 11 is 0. The van der Waals surface area contributed by atoms with Gasteiger partial charge in [0.2, 0.25) is 5.91 Å². The monoisotopic (exact) mass is 200 g/mol. The molecule has 0 rings (SSSR count). The molecule has 2 N–H and O–H groups in total. The lowest BCUT2D eigenvalue weighted by atomic mass is 10.5. The first-order chi connectivity index (χ1) is 6.81. The van der Waals surface area contributed by atoms with Crippen LogP contribution in [-0.2, 0) is 9.53 Å². The molecule has 0 aliphatic rings. The molecule has 1 amide bonds. The number of hydrogen-bond donors (Lipinski definition) is 2. The molecule has 0 aromatic carbocycles. The topological polar surface area (TPSA) is 50.4 Å². The van der Waals surface area contributed by atoms with Crippen molar-refractivity contribution >= 4 is 5.91 Å². The molecule has 0 atom stereocenters. The third kappa shape index (κ3) is 9.22. The van der Waals surface area contributed by atoms with Gasteiger partial charge in [-0.25, -0.2) is 0 Å². The summed E-state index contributed by atoms with van der Waals surface area (Å²) in [5.41, 5.74) is 0. The SMILES string of the molecule is C=CC(=O)NCCOCCNCCC. The molecule has 4 nitrogen and oxygen atoms in total. The van der Waals surface area contributed by atoms with Crippen LogP contribution in [-0.4, -0.2) is 38.8 Å². The number of carbonyl (C=O) groups is 1. The van der Waals surface area contributed by atoms with E-state index < -0.39 is 0 Å². The maximum Gasteiger partial charge on any atom is 0.243 e. The molecule has 82 valence electrons. The molecule has 0 aromatic heterocycles. The second-order valence-electron chi connectivity index (χ2n) is 2.86. The van der Waals surface area contributed by atoms with Crippen molar-refractivity contribution < 1.29 is 9.53 Å². The van der Waals surface area contributed by atoms with Gasteiger partial charge in [0.1, 0.15) is 0 Å². The van der Waals surface area contributed by atoms with Crippen molar-refractivity contribution in [3.8, 4) is 0 Å². The molecule has 0 aromatic rings. The van der Waals surface area contributed by atoms with E-state index >= 15 is 0 Å². The van der Waals surface area contributed by atoms with E-state index in [1.165, 1.54) is 6.08 Å². The minimum absolute atomic E-state index is 0.155. The van der Waals surface area contributed by atoms with E-state index in [2.05, 4.69) is 24.1 Å². The lowest BCUT2D eigenvalue weighted by Gasteiger charge is -2.05. The Kier molecular flexibility index (Phi) is 9.58. The van der Waals surface area contributed by atoms with Gasteiger partial charge in [0.05, 0.1) is 13.2 Å². The van der Waals surface area contributed by atoms with Crippen LogP contribution >= 0.6 is 0 Å². The average Bonchev–Trinajstić information content (AvgIpc) is 2.21. The molecule has 0 spiro atoms. The quantitative estimate of drug-likeness (QED) is 0.416. The average molecular weight is 200 g/mol. The Labute approximate surface area is 85.7 Å². The molecule has 0 heterocycles. The van der Waals surface area contributed by atoms with Crippen molar-refractivity contribution in [1.29, 1.82) is 0 Å². The van der Waals surface area contributed by atoms with E-state index in [9.17, 15) is 4.79 Å². The number of rotatable bonds is 9. The van der Waals surface area contributed by atoms with Crippen LogP contribution in [0.15, 0.2) is 12.7 Å². The summed E-state index contributed by atoms with van der Waals surface area (Å²) in [6.07, 6.45) is 2.39. The number of ether oxygens (including phenoxy) is 1. The van der Waals surface area contributed by atoms with Gasteiger partial charge >= 0.3 is 0 Å². The van der Waals surface area contributed by atoms with Gasteiger partial charge in [0.25, 0.3) is 0 Å². The standard InChI is InChI=1S/C10H20N2O2/c1-3-5-11-6-8-14-9-7-12-10(13)4-2/h4,11H,2-3,5-9H2,1H3,(H,12,13). The summed E-state index contributed by atoms with van der Waals surface area (Å²) in [5, 5.41) is 5.85. The zero-order chi connectivity index (χ0) is 10.6. The fourth-order valence-electron chi connectivity index (χ4n) is 0.867. The van der Waals surface area contributed by atoms with Crippen molar-refractivity contribution in [2.75, 3.05) is 32.8 Å². The Morgan fingerprint density at radius 2 is 2.07 bits per heavy atom. The first kappa shape index (κ1) is 13.1.